The lowest BCUT2D eigenvalue weighted by Crippen LogP contribution is -2.73. The second kappa shape index (κ2) is 14.6. The molecule has 6 aliphatic rings. The van der Waals surface area contributed by atoms with Crippen LogP contribution >= 0.6 is 0 Å². The molecule has 11 heteroatoms. The van der Waals surface area contributed by atoms with Crippen molar-refractivity contribution in [3.8, 4) is 5.75 Å². The first-order valence-corrected chi connectivity index (χ1v) is 21.4. The predicted molar refractivity (Wildman–Crippen MR) is 219 cm³/mol. The second-order valence-electron chi connectivity index (χ2n) is 20.7. The molecule has 7 rings (SSSR count). The lowest BCUT2D eigenvalue weighted by atomic mass is 9.44. The summed E-state index contributed by atoms with van der Waals surface area (Å²) in [6.07, 6.45) is -0.934. The first kappa shape index (κ1) is 43.1. The van der Waals surface area contributed by atoms with E-state index in [1.807, 2.05) is 66.7 Å². The Morgan fingerprint density at radius 2 is 1.76 bits per heavy atom. The van der Waals surface area contributed by atoms with E-state index >= 15 is 0 Å². The van der Waals surface area contributed by atoms with Gasteiger partial charge in [-0.05, 0) is 95.9 Å². The molecule has 11 nitrogen and oxygen atoms in total. The summed E-state index contributed by atoms with van der Waals surface area (Å²) in [4.78, 5) is 30.7. The molecule has 1 N–H and O–H groups in total. The number of esters is 1. The van der Waals surface area contributed by atoms with Crippen LogP contribution in [0.1, 0.15) is 120 Å². The highest BCUT2D eigenvalue weighted by Crippen LogP contribution is 2.73. The molecule has 3 saturated heterocycles. The standard InChI is InChI=1S/C47H69NO10/c1-16-35-55-34-21-33-45(13,23-53-33)38-28(7)47(44(11,12)51)22-32(26(5)36(47)27(6)39(56-35)46(34,38)14)54-41(49)37-30(19-24(2)3)48(42(50)58-43(8,9)10)40(57-37)29-18-17-25(4)20-31(29)52-15/h16-18,20,24,27-28,30,32-35,37-40,51H,1,19,21-23H2,2-15H3/t27-,28-,30-,32-,33+,34-,35?,37+,38+,39-,40?,45+,46+,47+/m0/s1. The van der Waals surface area contributed by atoms with Crippen LogP contribution in [0.3, 0.4) is 0 Å². The highest BCUT2D eigenvalue weighted by Gasteiger charge is 2.75. The number of benzene rings is 1. The van der Waals surface area contributed by atoms with E-state index in [9.17, 15) is 14.7 Å². The molecule has 1 aromatic carbocycles. The third kappa shape index (κ3) is 6.47. The van der Waals surface area contributed by atoms with E-state index in [-0.39, 0.29) is 47.4 Å². The Labute approximate surface area is 346 Å². The predicted octanol–water partition coefficient (Wildman–Crippen LogP) is 8.46. The van der Waals surface area contributed by atoms with E-state index in [2.05, 4.69) is 48.1 Å². The van der Waals surface area contributed by atoms with Gasteiger partial charge in [0.15, 0.2) is 18.6 Å². The number of carbonyl (C=O) groups is 2. The van der Waals surface area contributed by atoms with Crippen molar-refractivity contribution in [3.05, 3.63) is 53.1 Å². The molecule has 3 aliphatic carbocycles. The zero-order valence-electron chi connectivity index (χ0n) is 37.3. The van der Waals surface area contributed by atoms with E-state index in [0.29, 0.717) is 30.8 Å². The molecule has 14 atom stereocenters. The molecule has 3 aliphatic heterocycles. The molecule has 0 aromatic heterocycles. The summed E-state index contributed by atoms with van der Waals surface area (Å²) in [6, 6.07) is 5.01. The van der Waals surface area contributed by atoms with Gasteiger partial charge in [-0.15, -0.1) is 0 Å². The van der Waals surface area contributed by atoms with Crippen LogP contribution in [0, 0.1) is 46.8 Å². The average Bonchev–Trinajstić information content (AvgIpc) is 3.62. The smallest absolute Gasteiger partial charge is 0.413 e. The topological polar surface area (TPSA) is 122 Å². The van der Waals surface area contributed by atoms with E-state index in [1.165, 1.54) is 0 Å². The van der Waals surface area contributed by atoms with Crippen molar-refractivity contribution in [2.45, 2.75) is 170 Å². The summed E-state index contributed by atoms with van der Waals surface area (Å²) in [5.41, 5.74) is 0.227. The van der Waals surface area contributed by atoms with Crippen molar-refractivity contribution >= 4 is 12.1 Å². The molecular formula is C47H69NO10. The Morgan fingerprint density at radius 3 is 2.33 bits per heavy atom. The zero-order chi connectivity index (χ0) is 42.7. The van der Waals surface area contributed by atoms with Crippen LogP contribution in [0.2, 0.25) is 0 Å². The minimum absolute atomic E-state index is 0.0171. The van der Waals surface area contributed by atoms with Crippen LogP contribution in [-0.4, -0.2) is 89.8 Å². The number of hydrogen-bond acceptors (Lipinski definition) is 10. The van der Waals surface area contributed by atoms with Gasteiger partial charge in [0.25, 0.3) is 0 Å². The quantitative estimate of drug-likeness (QED) is 0.202. The molecule has 3 heterocycles. The number of ether oxygens (including phenoxy) is 7. The van der Waals surface area contributed by atoms with Crippen molar-refractivity contribution in [2.24, 2.45) is 39.9 Å². The third-order valence-electron chi connectivity index (χ3n) is 15.1. The SMILES string of the molecule is C=CC1O[C@H]2C[C@H]3OC[C@@]3(C)[C@H]3[C@H](C)[C@]4(C(C)(C)O)C[C@H](OC(=O)[C@@H]5OC(c6ccc(C)cc6OC)N(C(=O)OC(C)(C)C)[C@H]5CC(C)C)C(C)=C4[C@H](C)[C@H](O1)[C@]23C. The van der Waals surface area contributed by atoms with Gasteiger partial charge in [0.1, 0.15) is 17.5 Å². The van der Waals surface area contributed by atoms with Crippen LogP contribution in [-0.2, 0) is 33.2 Å². The summed E-state index contributed by atoms with van der Waals surface area (Å²) < 4.78 is 45.1. The van der Waals surface area contributed by atoms with Gasteiger partial charge in [-0.3, -0.25) is 4.90 Å². The second-order valence-corrected chi connectivity index (χ2v) is 20.7. The summed E-state index contributed by atoms with van der Waals surface area (Å²) in [5, 5.41) is 12.6. The number of nitrogens with zero attached hydrogens (tertiary/aromatic N) is 1. The van der Waals surface area contributed by atoms with Crippen molar-refractivity contribution in [2.75, 3.05) is 13.7 Å². The Hall–Kier alpha value is -2.96. The van der Waals surface area contributed by atoms with Crippen LogP contribution < -0.4 is 4.74 Å². The highest BCUT2D eigenvalue weighted by molar-refractivity contribution is 5.79. The number of hydrogen-bond donors (Lipinski definition) is 1. The molecule has 1 amide bonds. The summed E-state index contributed by atoms with van der Waals surface area (Å²) in [6.45, 7) is 31.2. The molecule has 0 bridgehead atoms. The molecular weight excluding hydrogens is 739 g/mol. The van der Waals surface area contributed by atoms with Gasteiger partial charge < -0.3 is 38.3 Å². The molecule has 2 unspecified atom stereocenters. The van der Waals surface area contributed by atoms with Crippen LogP contribution in [0.4, 0.5) is 4.79 Å². The van der Waals surface area contributed by atoms with Crippen molar-refractivity contribution < 1.29 is 47.9 Å². The van der Waals surface area contributed by atoms with Crippen molar-refractivity contribution in [1.29, 1.82) is 0 Å². The number of methoxy groups -OCH3 is 1. The Bertz CT molecular complexity index is 1830. The monoisotopic (exact) mass is 807 g/mol. The maximum absolute atomic E-state index is 14.9. The summed E-state index contributed by atoms with van der Waals surface area (Å²) in [7, 11) is 1.58. The molecule has 322 valence electrons. The Balaban J connectivity index is 1.30. The van der Waals surface area contributed by atoms with Gasteiger partial charge in [0.2, 0.25) is 0 Å². The highest BCUT2D eigenvalue weighted by atomic mass is 16.7. The lowest BCUT2D eigenvalue weighted by molar-refractivity contribution is -0.370. The third-order valence-corrected chi connectivity index (χ3v) is 15.1. The lowest BCUT2D eigenvalue weighted by Gasteiger charge is -2.68. The Morgan fingerprint density at radius 1 is 1.07 bits per heavy atom. The minimum atomic E-state index is -1.21. The first-order chi connectivity index (χ1) is 26.9. The van der Waals surface area contributed by atoms with E-state index in [4.69, 9.17) is 33.2 Å². The van der Waals surface area contributed by atoms with Gasteiger partial charge in [0, 0.05) is 40.6 Å². The number of fused-ring (bicyclic) bond motifs is 3. The van der Waals surface area contributed by atoms with Crippen molar-refractivity contribution in [1.82, 2.24) is 4.90 Å². The average molecular weight is 808 g/mol. The van der Waals surface area contributed by atoms with Crippen LogP contribution in [0.25, 0.3) is 0 Å². The van der Waals surface area contributed by atoms with E-state index in [0.717, 1.165) is 23.1 Å². The first-order valence-electron chi connectivity index (χ1n) is 21.4. The van der Waals surface area contributed by atoms with Crippen molar-refractivity contribution in [3.63, 3.8) is 0 Å². The zero-order valence-corrected chi connectivity index (χ0v) is 37.3. The van der Waals surface area contributed by atoms with E-state index < -0.39 is 64.9 Å². The number of amides is 1. The van der Waals surface area contributed by atoms with Crippen LogP contribution in [0.5, 0.6) is 5.75 Å². The molecule has 0 spiro atoms. The number of aryl methyl sites for hydroxylation is 1. The Kier molecular flexibility index (Phi) is 10.9. The van der Waals surface area contributed by atoms with Gasteiger partial charge in [-0.25, -0.2) is 9.59 Å². The van der Waals surface area contributed by atoms with Crippen LogP contribution in [0.15, 0.2) is 42.0 Å². The number of carbonyl (C=O) groups excluding carboxylic acids is 2. The fraction of sp³-hybridized carbons (Fsp3) is 0.745. The molecule has 58 heavy (non-hydrogen) atoms. The number of rotatable bonds is 8. The minimum Gasteiger partial charge on any atom is -0.496 e. The number of aliphatic hydroxyl groups is 1. The van der Waals surface area contributed by atoms with E-state index in [1.54, 1.807) is 18.1 Å². The largest absolute Gasteiger partial charge is 0.496 e. The summed E-state index contributed by atoms with van der Waals surface area (Å²) in [5.74, 6) is -0.105. The molecule has 0 radical (unpaired) electrons. The molecule has 2 saturated carbocycles. The molecule has 1 aromatic rings. The maximum Gasteiger partial charge on any atom is 0.413 e. The van der Waals surface area contributed by atoms with Gasteiger partial charge in [-0.2, -0.15) is 0 Å². The van der Waals surface area contributed by atoms with Gasteiger partial charge >= 0.3 is 12.1 Å². The van der Waals surface area contributed by atoms with Gasteiger partial charge in [-0.1, -0.05) is 65.8 Å². The fourth-order valence-electron chi connectivity index (χ4n) is 12.9. The fourth-order valence-corrected chi connectivity index (χ4v) is 12.9. The molecule has 5 fully saturated rings. The summed E-state index contributed by atoms with van der Waals surface area (Å²) >= 11 is 0. The normalized spacial score (nSPS) is 40.9. The maximum atomic E-state index is 14.9. The van der Waals surface area contributed by atoms with Gasteiger partial charge in [0.05, 0.1) is 43.7 Å².